The van der Waals surface area contributed by atoms with Crippen LogP contribution in [0.4, 0.5) is 4.39 Å². The molecule has 1 aliphatic heterocycles. The molecule has 2 nitrogen and oxygen atoms in total. The van der Waals surface area contributed by atoms with Gasteiger partial charge in [0.2, 0.25) is 0 Å². The Balaban J connectivity index is 2.42. The minimum atomic E-state index is -0.195. The van der Waals surface area contributed by atoms with Crippen molar-refractivity contribution in [3.05, 3.63) is 46.0 Å². The van der Waals surface area contributed by atoms with Gasteiger partial charge in [-0.25, -0.2) is 4.39 Å². The number of halogens is 1. The van der Waals surface area contributed by atoms with Crippen molar-refractivity contribution in [1.82, 2.24) is 4.57 Å². The van der Waals surface area contributed by atoms with Crippen LogP contribution in [0, 0.1) is 11.2 Å². The number of benzene rings is 1. The van der Waals surface area contributed by atoms with E-state index in [1.807, 2.05) is 0 Å². The molecule has 94 valence electrons. The molecule has 1 aliphatic rings. The molecule has 0 radical (unpaired) electrons. The van der Waals surface area contributed by atoms with Crippen LogP contribution in [0.3, 0.4) is 0 Å². The van der Waals surface area contributed by atoms with E-state index in [9.17, 15) is 9.18 Å². The lowest BCUT2D eigenvalue weighted by molar-refractivity contribution is 0.299. The van der Waals surface area contributed by atoms with Crippen LogP contribution >= 0.6 is 0 Å². The zero-order chi connectivity index (χ0) is 13.1. The summed E-state index contributed by atoms with van der Waals surface area (Å²) in [6.07, 6.45) is 0. The van der Waals surface area contributed by atoms with Gasteiger partial charge < -0.3 is 4.57 Å². The smallest absolute Gasteiger partial charge is 0.251 e. The standard InChI is InChI=1S/C15H16FNO/c1-15(2,3)10-8-17-12(18)7-5-9-4-6-11(16)13(10)14(9)17/h4-7,10H,8H2,1-3H3. The molecular weight excluding hydrogens is 229 g/mol. The van der Waals surface area contributed by atoms with Crippen LogP contribution in [-0.2, 0) is 6.54 Å². The third-order valence-electron chi connectivity index (χ3n) is 3.90. The lowest BCUT2D eigenvalue weighted by Crippen LogP contribution is -2.23. The van der Waals surface area contributed by atoms with Gasteiger partial charge in [-0.15, -0.1) is 0 Å². The largest absolute Gasteiger partial charge is 0.307 e. The molecule has 0 saturated carbocycles. The Morgan fingerprint density at radius 3 is 2.56 bits per heavy atom. The van der Waals surface area contributed by atoms with E-state index in [0.717, 1.165) is 10.9 Å². The van der Waals surface area contributed by atoms with Crippen molar-refractivity contribution in [3.8, 4) is 0 Å². The Kier molecular flexibility index (Phi) is 2.19. The van der Waals surface area contributed by atoms with E-state index >= 15 is 0 Å². The normalized spacial score (nSPS) is 18.6. The fourth-order valence-electron chi connectivity index (χ4n) is 2.89. The first kappa shape index (κ1) is 11.5. The number of pyridine rings is 1. The molecule has 18 heavy (non-hydrogen) atoms. The average molecular weight is 245 g/mol. The lowest BCUT2D eigenvalue weighted by Gasteiger charge is -2.27. The van der Waals surface area contributed by atoms with Gasteiger partial charge >= 0.3 is 0 Å². The second-order valence-electron chi connectivity index (χ2n) is 6.10. The van der Waals surface area contributed by atoms with Crippen molar-refractivity contribution < 1.29 is 4.39 Å². The van der Waals surface area contributed by atoms with E-state index in [4.69, 9.17) is 0 Å². The molecule has 0 fully saturated rings. The van der Waals surface area contributed by atoms with Crippen LogP contribution in [0.5, 0.6) is 0 Å². The first-order valence-electron chi connectivity index (χ1n) is 6.21. The highest BCUT2D eigenvalue weighted by Crippen LogP contribution is 2.44. The summed E-state index contributed by atoms with van der Waals surface area (Å²) in [5, 5.41) is 0.942. The molecule has 0 amide bonds. The zero-order valence-corrected chi connectivity index (χ0v) is 10.8. The van der Waals surface area contributed by atoms with Gasteiger partial charge in [-0.05, 0) is 29.0 Å². The molecule has 3 heteroatoms. The molecule has 2 aromatic rings. The minimum Gasteiger partial charge on any atom is -0.307 e. The monoisotopic (exact) mass is 245 g/mol. The summed E-state index contributed by atoms with van der Waals surface area (Å²) < 4.78 is 15.9. The minimum absolute atomic E-state index is 0.0406. The Bertz CT molecular complexity index is 694. The molecular formula is C15H16FNO. The Hall–Kier alpha value is -1.64. The molecule has 0 spiro atoms. The van der Waals surface area contributed by atoms with E-state index in [-0.39, 0.29) is 22.7 Å². The molecule has 2 heterocycles. The SMILES string of the molecule is CC(C)(C)C1Cn2c(=O)ccc3ccc(F)c1c32. The number of nitrogens with zero attached hydrogens (tertiary/aromatic N) is 1. The van der Waals surface area contributed by atoms with Crippen LogP contribution in [0.15, 0.2) is 29.1 Å². The quantitative estimate of drug-likeness (QED) is 0.698. The van der Waals surface area contributed by atoms with E-state index in [2.05, 4.69) is 20.8 Å². The Morgan fingerprint density at radius 1 is 1.22 bits per heavy atom. The summed E-state index contributed by atoms with van der Waals surface area (Å²) in [5.74, 6) is -0.143. The molecule has 1 aromatic heterocycles. The van der Waals surface area contributed by atoms with Gasteiger partial charge in [0.25, 0.3) is 5.56 Å². The zero-order valence-electron chi connectivity index (χ0n) is 10.8. The lowest BCUT2D eigenvalue weighted by atomic mass is 9.77. The summed E-state index contributed by atoms with van der Waals surface area (Å²) in [6.45, 7) is 6.85. The van der Waals surface area contributed by atoms with Gasteiger partial charge in [0.1, 0.15) is 5.82 Å². The first-order chi connectivity index (χ1) is 8.39. The van der Waals surface area contributed by atoms with Gasteiger partial charge in [-0.1, -0.05) is 20.8 Å². The highest BCUT2D eigenvalue weighted by molar-refractivity contribution is 5.84. The van der Waals surface area contributed by atoms with Crippen molar-refractivity contribution in [2.45, 2.75) is 33.2 Å². The third-order valence-corrected chi connectivity index (χ3v) is 3.90. The predicted molar refractivity (Wildman–Crippen MR) is 70.4 cm³/mol. The van der Waals surface area contributed by atoms with E-state index in [1.54, 1.807) is 22.8 Å². The molecule has 1 atom stereocenters. The summed E-state index contributed by atoms with van der Waals surface area (Å²) in [4.78, 5) is 11.9. The maximum atomic E-state index is 14.1. The van der Waals surface area contributed by atoms with Crippen molar-refractivity contribution in [3.63, 3.8) is 0 Å². The van der Waals surface area contributed by atoms with Crippen molar-refractivity contribution in [2.24, 2.45) is 5.41 Å². The molecule has 1 unspecified atom stereocenters. The molecule has 0 N–H and O–H groups in total. The summed E-state index contributed by atoms with van der Waals surface area (Å²) in [6, 6.07) is 6.60. The average Bonchev–Trinajstić information content (AvgIpc) is 2.69. The number of hydrogen-bond acceptors (Lipinski definition) is 1. The van der Waals surface area contributed by atoms with Crippen LogP contribution in [0.25, 0.3) is 10.9 Å². The topological polar surface area (TPSA) is 22.0 Å². The van der Waals surface area contributed by atoms with Crippen LogP contribution in [-0.4, -0.2) is 4.57 Å². The van der Waals surface area contributed by atoms with Crippen molar-refractivity contribution in [1.29, 1.82) is 0 Å². The number of aromatic nitrogens is 1. The van der Waals surface area contributed by atoms with Crippen LogP contribution in [0.1, 0.15) is 32.3 Å². The second-order valence-corrected chi connectivity index (χ2v) is 6.10. The molecule has 0 bridgehead atoms. The maximum Gasteiger partial charge on any atom is 0.251 e. The first-order valence-corrected chi connectivity index (χ1v) is 6.21. The highest BCUT2D eigenvalue weighted by atomic mass is 19.1. The van der Waals surface area contributed by atoms with Gasteiger partial charge in [0.05, 0.1) is 5.52 Å². The third kappa shape index (κ3) is 1.43. The summed E-state index contributed by atoms with van der Waals surface area (Å²) >= 11 is 0. The van der Waals surface area contributed by atoms with Crippen molar-refractivity contribution >= 4 is 10.9 Å². The van der Waals surface area contributed by atoms with E-state index in [0.29, 0.717) is 12.1 Å². The van der Waals surface area contributed by atoms with Gasteiger partial charge in [0.15, 0.2) is 0 Å². The summed E-state index contributed by atoms with van der Waals surface area (Å²) in [5.41, 5.74) is 1.38. The van der Waals surface area contributed by atoms with Crippen LogP contribution in [0.2, 0.25) is 0 Å². The molecule has 1 aromatic carbocycles. The van der Waals surface area contributed by atoms with Crippen LogP contribution < -0.4 is 5.56 Å². The predicted octanol–water partition coefficient (Wildman–Crippen LogP) is 3.28. The van der Waals surface area contributed by atoms with E-state index in [1.165, 1.54) is 6.07 Å². The summed E-state index contributed by atoms with van der Waals surface area (Å²) in [7, 11) is 0. The number of hydrogen-bond donors (Lipinski definition) is 0. The highest BCUT2D eigenvalue weighted by Gasteiger charge is 2.36. The van der Waals surface area contributed by atoms with Crippen molar-refractivity contribution in [2.75, 3.05) is 0 Å². The van der Waals surface area contributed by atoms with Gasteiger partial charge in [0, 0.05) is 24.1 Å². The fraction of sp³-hybridized carbons (Fsp3) is 0.400. The maximum absolute atomic E-state index is 14.1. The number of rotatable bonds is 0. The second kappa shape index (κ2) is 3.44. The van der Waals surface area contributed by atoms with E-state index < -0.39 is 0 Å². The molecule has 0 saturated heterocycles. The molecule has 3 rings (SSSR count). The Labute approximate surface area is 105 Å². The van der Waals surface area contributed by atoms with Gasteiger partial charge in [-0.3, -0.25) is 4.79 Å². The van der Waals surface area contributed by atoms with Gasteiger partial charge in [-0.2, -0.15) is 0 Å². The fourth-order valence-corrected chi connectivity index (χ4v) is 2.89. The molecule has 0 aliphatic carbocycles. The Morgan fingerprint density at radius 2 is 1.89 bits per heavy atom.